The maximum atomic E-state index is 11.4. The largest absolute Gasteiger partial charge is 0.477 e. The molecule has 1 aromatic heterocycles. The molecular formula is C18H17ClN4O2. The van der Waals surface area contributed by atoms with Crippen LogP contribution in [0.3, 0.4) is 0 Å². The van der Waals surface area contributed by atoms with E-state index in [0.29, 0.717) is 28.6 Å². The van der Waals surface area contributed by atoms with E-state index in [2.05, 4.69) is 9.97 Å². The van der Waals surface area contributed by atoms with Crippen molar-refractivity contribution in [3.8, 4) is 17.0 Å². The van der Waals surface area contributed by atoms with Gasteiger partial charge in [0.15, 0.2) is 0 Å². The second-order valence-corrected chi connectivity index (χ2v) is 5.89. The Balaban J connectivity index is 2.20. The monoisotopic (exact) mass is 356 g/mol. The summed E-state index contributed by atoms with van der Waals surface area (Å²) in [5, 5.41) is 1.10. The number of carbonyl (C=O) groups is 1. The van der Waals surface area contributed by atoms with E-state index in [9.17, 15) is 4.79 Å². The zero-order valence-electron chi connectivity index (χ0n) is 13.8. The van der Waals surface area contributed by atoms with Gasteiger partial charge in [-0.25, -0.2) is 4.98 Å². The maximum absolute atomic E-state index is 11.4. The van der Waals surface area contributed by atoms with E-state index >= 15 is 0 Å². The molecule has 0 saturated heterocycles. The Morgan fingerprint density at radius 3 is 2.68 bits per heavy atom. The second-order valence-electron chi connectivity index (χ2n) is 5.52. The number of halogens is 1. The van der Waals surface area contributed by atoms with Gasteiger partial charge in [0.2, 0.25) is 17.7 Å². The summed E-state index contributed by atoms with van der Waals surface area (Å²) in [5.41, 5.74) is 14.6. The number of fused-ring (bicyclic) bond motifs is 1. The molecule has 0 atom stereocenters. The minimum atomic E-state index is -0.555. The van der Waals surface area contributed by atoms with Crippen molar-refractivity contribution in [3.05, 3.63) is 46.5 Å². The van der Waals surface area contributed by atoms with Crippen LogP contribution in [-0.4, -0.2) is 22.5 Å². The third-order valence-corrected chi connectivity index (χ3v) is 4.41. The number of hydrogen-bond donors (Lipinski definition) is 2. The number of primary amides is 1. The van der Waals surface area contributed by atoms with E-state index in [-0.39, 0.29) is 5.95 Å². The summed E-state index contributed by atoms with van der Waals surface area (Å²) in [6.45, 7) is 4.19. The molecule has 0 saturated carbocycles. The summed E-state index contributed by atoms with van der Waals surface area (Å²) >= 11 is 6.30. The molecule has 0 unspecified atom stereocenters. The highest BCUT2D eigenvalue weighted by molar-refractivity contribution is 6.35. The highest BCUT2D eigenvalue weighted by Crippen LogP contribution is 2.34. The summed E-state index contributed by atoms with van der Waals surface area (Å²) < 4.78 is 5.58. The molecule has 0 fully saturated rings. The minimum absolute atomic E-state index is 0.161. The van der Waals surface area contributed by atoms with Crippen LogP contribution < -0.4 is 16.2 Å². The highest BCUT2D eigenvalue weighted by atomic mass is 35.5. The van der Waals surface area contributed by atoms with Crippen LogP contribution in [-0.2, 0) is 0 Å². The quantitative estimate of drug-likeness (QED) is 0.746. The van der Waals surface area contributed by atoms with Gasteiger partial charge in [-0.1, -0.05) is 23.7 Å². The predicted octanol–water partition coefficient (Wildman–Crippen LogP) is 3.34. The van der Waals surface area contributed by atoms with E-state index in [4.69, 9.17) is 27.8 Å². The van der Waals surface area contributed by atoms with Gasteiger partial charge in [-0.3, -0.25) is 4.79 Å². The number of nitrogen functional groups attached to an aromatic ring is 1. The first-order chi connectivity index (χ1) is 11.9. The molecular weight excluding hydrogens is 340 g/mol. The lowest BCUT2D eigenvalue weighted by atomic mass is 9.97. The molecule has 3 rings (SSSR count). The second kappa shape index (κ2) is 6.57. The SMILES string of the molecule is CCOc1nc(N)nc2ccc(-c3ccc(C(N)=O)c(Cl)c3C)cc12. The number of amides is 1. The van der Waals surface area contributed by atoms with E-state index < -0.39 is 5.91 Å². The first-order valence-electron chi connectivity index (χ1n) is 7.71. The third-order valence-electron chi connectivity index (χ3n) is 3.92. The Morgan fingerprint density at radius 2 is 2.00 bits per heavy atom. The number of nitrogens with zero attached hydrogens (tertiary/aromatic N) is 2. The van der Waals surface area contributed by atoms with Crippen LogP contribution in [0.1, 0.15) is 22.8 Å². The summed E-state index contributed by atoms with van der Waals surface area (Å²) in [6.07, 6.45) is 0. The number of rotatable bonds is 4. The topological polar surface area (TPSA) is 104 Å². The van der Waals surface area contributed by atoms with Crippen LogP contribution in [0.25, 0.3) is 22.0 Å². The van der Waals surface area contributed by atoms with Crippen LogP contribution in [0.4, 0.5) is 5.95 Å². The lowest BCUT2D eigenvalue weighted by Gasteiger charge is -2.12. The Morgan fingerprint density at radius 1 is 1.24 bits per heavy atom. The lowest BCUT2D eigenvalue weighted by molar-refractivity contribution is 0.100. The fourth-order valence-corrected chi connectivity index (χ4v) is 2.98. The Labute approximate surface area is 149 Å². The number of benzene rings is 2. The molecule has 0 aliphatic carbocycles. The van der Waals surface area contributed by atoms with Crippen molar-refractivity contribution in [2.75, 3.05) is 12.3 Å². The zero-order chi connectivity index (χ0) is 18.1. The first-order valence-corrected chi connectivity index (χ1v) is 8.09. The number of anilines is 1. The van der Waals surface area contributed by atoms with E-state index in [0.717, 1.165) is 22.1 Å². The van der Waals surface area contributed by atoms with Gasteiger partial charge in [-0.2, -0.15) is 4.98 Å². The summed E-state index contributed by atoms with van der Waals surface area (Å²) in [5.74, 6) is 0.0405. The number of ether oxygens (including phenoxy) is 1. The molecule has 4 N–H and O–H groups in total. The highest BCUT2D eigenvalue weighted by Gasteiger charge is 2.15. The van der Waals surface area contributed by atoms with Gasteiger partial charge in [0.25, 0.3) is 0 Å². The zero-order valence-corrected chi connectivity index (χ0v) is 14.6. The molecule has 7 heteroatoms. The number of hydrogen-bond acceptors (Lipinski definition) is 5. The Hall–Kier alpha value is -2.86. The molecule has 0 aliphatic heterocycles. The summed E-state index contributed by atoms with van der Waals surface area (Å²) in [7, 11) is 0. The van der Waals surface area contributed by atoms with E-state index in [1.54, 1.807) is 6.07 Å². The van der Waals surface area contributed by atoms with Crippen molar-refractivity contribution >= 4 is 34.4 Å². The van der Waals surface area contributed by atoms with Crippen molar-refractivity contribution < 1.29 is 9.53 Å². The van der Waals surface area contributed by atoms with Gasteiger partial charge in [0.05, 0.1) is 28.1 Å². The molecule has 0 bridgehead atoms. The van der Waals surface area contributed by atoms with Crippen LogP contribution in [0.5, 0.6) is 5.88 Å². The molecule has 0 aliphatic rings. The van der Waals surface area contributed by atoms with Gasteiger partial charge in [0, 0.05) is 0 Å². The first kappa shape index (κ1) is 17.0. The molecule has 25 heavy (non-hydrogen) atoms. The maximum Gasteiger partial charge on any atom is 0.250 e. The van der Waals surface area contributed by atoms with Crippen molar-refractivity contribution in [1.29, 1.82) is 0 Å². The molecule has 128 valence electrons. The van der Waals surface area contributed by atoms with Gasteiger partial charge < -0.3 is 16.2 Å². The molecule has 3 aromatic rings. The van der Waals surface area contributed by atoms with Crippen LogP contribution in [0.2, 0.25) is 5.02 Å². The molecule has 0 radical (unpaired) electrons. The smallest absolute Gasteiger partial charge is 0.250 e. The number of nitrogens with two attached hydrogens (primary N) is 2. The van der Waals surface area contributed by atoms with Crippen molar-refractivity contribution in [3.63, 3.8) is 0 Å². The average Bonchev–Trinajstić information content (AvgIpc) is 2.57. The fourth-order valence-electron chi connectivity index (χ4n) is 2.72. The number of carbonyl (C=O) groups excluding carboxylic acids is 1. The van der Waals surface area contributed by atoms with Crippen LogP contribution in [0.15, 0.2) is 30.3 Å². The Bertz CT molecular complexity index is 988. The molecule has 1 heterocycles. The Kier molecular flexibility index (Phi) is 4.46. The average molecular weight is 357 g/mol. The molecule has 1 amide bonds. The number of aromatic nitrogens is 2. The van der Waals surface area contributed by atoms with Gasteiger partial charge >= 0.3 is 0 Å². The van der Waals surface area contributed by atoms with E-state index in [1.807, 2.05) is 38.1 Å². The van der Waals surface area contributed by atoms with Gasteiger partial charge in [-0.15, -0.1) is 0 Å². The fraction of sp³-hybridized carbons (Fsp3) is 0.167. The summed E-state index contributed by atoms with van der Waals surface area (Å²) in [4.78, 5) is 19.8. The van der Waals surface area contributed by atoms with Crippen molar-refractivity contribution in [1.82, 2.24) is 9.97 Å². The minimum Gasteiger partial charge on any atom is -0.477 e. The standard InChI is InChI=1S/C18H17ClN4O2/c1-3-25-17-13-8-10(4-7-14(13)22-18(21)23-17)11-5-6-12(16(20)24)15(19)9(11)2/h4-8H,3H2,1-2H3,(H2,20,24)(H2,21,22,23). The van der Waals surface area contributed by atoms with Crippen molar-refractivity contribution in [2.24, 2.45) is 5.73 Å². The van der Waals surface area contributed by atoms with Crippen LogP contribution >= 0.6 is 11.6 Å². The van der Waals surface area contributed by atoms with Crippen LogP contribution in [0, 0.1) is 6.92 Å². The van der Waals surface area contributed by atoms with Crippen molar-refractivity contribution in [2.45, 2.75) is 13.8 Å². The summed E-state index contributed by atoms with van der Waals surface area (Å²) in [6, 6.07) is 9.12. The normalized spacial score (nSPS) is 10.8. The van der Waals surface area contributed by atoms with Gasteiger partial charge in [0.1, 0.15) is 0 Å². The van der Waals surface area contributed by atoms with E-state index in [1.165, 1.54) is 0 Å². The lowest BCUT2D eigenvalue weighted by Crippen LogP contribution is -2.12. The predicted molar refractivity (Wildman–Crippen MR) is 98.8 cm³/mol. The third kappa shape index (κ3) is 3.08. The van der Waals surface area contributed by atoms with Gasteiger partial charge in [-0.05, 0) is 48.7 Å². The molecule has 0 spiro atoms. The molecule has 2 aromatic carbocycles. The molecule has 6 nitrogen and oxygen atoms in total.